The Hall–Kier alpha value is -1.22. The summed E-state index contributed by atoms with van der Waals surface area (Å²) in [6.45, 7) is 5.69. The van der Waals surface area contributed by atoms with Crippen molar-refractivity contribution in [2.24, 2.45) is 5.41 Å². The van der Waals surface area contributed by atoms with Crippen LogP contribution in [0.1, 0.15) is 28.3 Å². The van der Waals surface area contributed by atoms with Crippen molar-refractivity contribution in [2.45, 2.75) is 23.1 Å². The Morgan fingerprint density at radius 3 is 2.85 bits per heavy atom. The molecule has 1 spiro atoms. The molecule has 1 aliphatic carbocycles. The zero-order chi connectivity index (χ0) is 18.1. The smallest absolute Gasteiger partial charge is 0.526 e. The Labute approximate surface area is 157 Å². The van der Waals surface area contributed by atoms with Gasteiger partial charge in [0.05, 0.1) is 0 Å². The second-order valence-electron chi connectivity index (χ2n) is 8.41. The molecule has 138 valence electrons. The van der Waals surface area contributed by atoms with Crippen LogP contribution in [-0.4, -0.2) is 78.5 Å². The second kappa shape index (κ2) is 5.89. The highest BCUT2D eigenvalue weighted by Gasteiger charge is 2.54. The molecule has 2 atom stereocenters. The van der Waals surface area contributed by atoms with Crippen molar-refractivity contribution < 1.29 is 19.6 Å². The molecule has 2 N–H and O–H groups in total. The van der Waals surface area contributed by atoms with Gasteiger partial charge in [0.25, 0.3) is 0 Å². The van der Waals surface area contributed by atoms with Crippen LogP contribution in [0.4, 0.5) is 0 Å². The van der Waals surface area contributed by atoms with E-state index in [1.54, 1.807) is 11.8 Å². The molecule has 3 aliphatic heterocycles. The molecule has 4 aliphatic rings. The van der Waals surface area contributed by atoms with Gasteiger partial charge in [-0.25, -0.2) is 4.79 Å². The van der Waals surface area contributed by atoms with Gasteiger partial charge in [-0.2, -0.15) is 0 Å². The Morgan fingerprint density at radius 2 is 2.15 bits per heavy atom. The highest BCUT2D eigenvalue weighted by atomic mass is 32.2. The van der Waals surface area contributed by atoms with Crippen LogP contribution in [0.25, 0.3) is 0 Å². The quantitative estimate of drug-likeness (QED) is 0.597. The van der Waals surface area contributed by atoms with E-state index in [1.807, 2.05) is 12.1 Å². The third-order valence-electron chi connectivity index (χ3n) is 6.20. The summed E-state index contributed by atoms with van der Waals surface area (Å²) < 4.78 is 5.58. The van der Waals surface area contributed by atoms with Crippen molar-refractivity contribution in [3.05, 3.63) is 23.3 Å². The van der Waals surface area contributed by atoms with Crippen molar-refractivity contribution in [1.29, 1.82) is 0 Å². The van der Waals surface area contributed by atoms with Crippen LogP contribution >= 0.6 is 11.8 Å². The Balaban J connectivity index is 1.25. The predicted molar refractivity (Wildman–Crippen MR) is 100 cm³/mol. The number of thioether (sulfide) groups is 1. The number of carboxylic acids is 1. The van der Waals surface area contributed by atoms with Gasteiger partial charge >= 0.3 is 13.1 Å². The summed E-state index contributed by atoms with van der Waals surface area (Å²) in [5, 5.41) is 19.7. The number of hydrogen-bond donors (Lipinski definition) is 2. The molecule has 0 bridgehead atoms. The van der Waals surface area contributed by atoms with Gasteiger partial charge < -0.3 is 24.6 Å². The molecule has 1 saturated carbocycles. The van der Waals surface area contributed by atoms with Gasteiger partial charge in [0.2, 0.25) is 0 Å². The van der Waals surface area contributed by atoms with Crippen LogP contribution in [0.3, 0.4) is 0 Å². The first kappa shape index (κ1) is 16.9. The van der Waals surface area contributed by atoms with E-state index in [9.17, 15) is 14.9 Å². The van der Waals surface area contributed by atoms with Crippen LogP contribution in [0.15, 0.2) is 17.0 Å². The van der Waals surface area contributed by atoms with Crippen LogP contribution in [0, 0.1) is 5.41 Å². The summed E-state index contributed by atoms with van der Waals surface area (Å²) in [4.78, 5) is 17.4. The SMILES string of the molecule is CN1CC2(C1)CN(CCSc1ccc3c(c1C(=O)O)OB(O)C1CC31)C2. The number of hydrogen-bond acceptors (Lipinski definition) is 6. The molecule has 0 aromatic heterocycles. The van der Waals surface area contributed by atoms with E-state index < -0.39 is 13.1 Å². The van der Waals surface area contributed by atoms with E-state index in [-0.39, 0.29) is 17.3 Å². The van der Waals surface area contributed by atoms with Crippen molar-refractivity contribution >= 4 is 24.8 Å². The van der Waals surface area contributed by atoms with Crippen molar-refractivity contribution in [3.63, 3.8) is 0 Å². The van der Waals surface area contributed by atoms with Gasteiger partial charge in [-0.05, 0) is 31.0 Å². The van der Waals surface area contributed by atoms with E-state index in [2.05, 4.69) is 16.8 Å². The van der Waals surface area contributed by atoms with Crippen LogP contribution in [-0.2, 0) is 0 Å². The fourth-order valence-electron chi connectivity index (χ4n) is 5.06. The molecule has 2 saturated heterocycles. The van der Waals surface area contributed by atoms with Gasteiger partial charge in [-0.3, -0.25) is 0 Å². The number of aromatic carboxylic acids is 1. The maximum Gasteiger partial charge on any atom is 0.526 e. The molecule has 1 aromatic carbocycles. The van der Waals surface area contributed by atoms with Gasteiger partial charge in [0, 0.05) is 54.6 Å². The van der Waals surface area contributed by atoms with E-state index in [4.69, 9.17) is 4.65 Å². The molecule has 0 radical (unpaired) electrons. The fourth-order valence-corrected chi connectivity index (χ4v) is 6.12. The minimum atomic E-state index is -0.976. The van der Waals surface area contributed by atoms with Gasteiger partial charge in [-0.15, -0.1) is 11.8 Å². The first-order valence-corrected chi connectivity index (χ1v) is 10.2. The molecule has 3 fully saturated rings. The van der Waals surface area contributed by atoms with Gasteiger partial charge in [0.1, 0.15) is 11.3 Å². The third-order valence-corrected chi connectivity index (χ3v) is 7.24. The first-order valence-electron chi connectivity index (χ1n) is 9.24. The molecule has 8 heteroatoms. The Bertz CT molecular complexity index is 762. The minimum absolute atomic E-state index is 0.131. The maximum absolute atomic E-state index is 11.9. The largest absolute Gasteiger partial charge is 0.535 e. The van der Waals surface area contributed by atoms with Crippen molar-refractivity contribution in [1.82, 2.24) is 9.80 Å². The standard InChI is InChI=1S/C18H23BN2O4S/c1-20-7-18(8-20)9-21(10-18)4-5-26-14-3-2-11-12-6-13(12)19(24)25-16(11)15(14)17(22)23/h2-3,12-13,24H,4-10H2,1H3,(H,22,23). The number of likely N-dealkylation sites (tertiary alicyclic amines) is 2. The molecule has 3 heterocycles. The average Bonchev–Trinajstić information content (AvgIpc) is 3.31. The number of rotatable bonds is 5. The van der Waals surface area contributed by atoms with E-state index >= 15 is 0 Å². The molecular formula is C18H23BN2O4S. The summed E-state index contributed by atoms with van der Waals surface area (Å²) in [5.41, 5.74) is 1.70. The van der Waals surface area contributed by atoms with Crippen molar-refractivity contribution in [3.8, 4) is 5.75 Å². The van der Waals surface area contributed by atoms with E-state index in [1.165, 1.54) is 13.1 Å². The van der Waals surface area contributed by atoms with Gasteiger partial charge in [-0.1, -0.05) is 6.07 Å². The monoisotopic (exact) mass is 374 g/mol. The summed E-state index contributed by atoms with van der Waals surface area (Å²) >= 11 is 1.57. The van der Waals surface area contributed by atoms with E-state index in [0.29, 0.717) is 11.2 Å². The van der Waals surface area contributed by atoms with Gasteiger partial charge in [0.15, 0.2) is 0 Å². The fraction of sp³-hybridized carbons (Fsp3) is 0.611. The zero-order valence-electron chi connectivity index (χ0n) is 14.9. The Kier molecular flexibility index (Phi) is 3.83. The molecule has 6 nitrogen and oxygen atoms in total. The van der Waals surface area contributed by atoms with Crippen LogP contribution in [0.2, 0.25) is 5.82 Å². The number of benzene rings is 1. The second-order valence-corrected chi connectivity index (χ2v) is 9.54. The van der Waals surface area contributed by atoms with Crippen LogP contribution < -0.4 is 4.65 Å². The topological polar surface area (TPSA) is 73.2 Å². The maximum atomic E-state index is 11.9. The lowest BCUT2D eigenvalue weighted by atomic mass is 9.73. The normalized spacial score (nSPS) is 28.6. The number of fused-ring (bicyclic) bond motifs is 3. The third kappa shape index (κ3) is 2.66. The molecule has 1 aromatic rings. The minimum Gasteiger partial charge on any atom is -0.535 e. The zero-order valence-corrected chi connectivity index (χ0v) is 15.7. The number of nitrogens with zero attached hydrogens (tertiary/aromatic N) is 2. The number of carbonyl (C=O) groups is 1. The highest BCUT2D eigenvalue weighted by Crippen LogP contribution is 2.60. The molecule has 0 amide bonds. The lowest BCUT2D eigenvalue weighted by molar-refractivity contribution is -0.101. The molecular weight excluding hydrogens is 351 g/mol. The summed E-state index contributed by atoms with van der Waals surface area (Å²) in [5.74, 6) is 0.653. The molecule has 5 rings (SSSR count). The first-order chi connectivity index (χ1) is 12.5. The summed E-state index contributed by atoms with van der Waals surface area (Å²) in [7, 11) is 1.29. The number of carboxylic acid groups (broad SMARTS) is 1. The lowest BCUT2D eigenvalue weighted by Crippen LogP contribution is -2.71. The van der Waals surface area contributed by atoms with Crippen molar-refractivity contribution in [2.75, 3.05) is 45.5 Å². The summed E-state index contributed by atoms with van der Waals surface area (Å²) in [6.07, 6.45) is 0.881. The van der Waals surface area contributed by atoms with Crippen LogP contribution in [0.5, 0.6) is 5.75 Å². The lowest BCUT2D eigenvalue weighted by Gasteiger charge is -2.59. The molecule has 2 unspecified atom stereocenters. The molecule has 26 heavy (non-hydrogen) atoms. The van der Waals surface area contributed by atoms with E-state index in [0.717, 1.165) is 42.3 Å². The highest BCUT2D eigenvalue weighted by molar-refractivity contribution is 7.99. The predicted octanol–water partition coefficient (Wildman–Crippen LogP) is 1.45. The Morgan fingerprint density at radius 1 is 1.38 bits per heavy atom. The summed E-state index contributed by atoms with van der Waals surface area (Å²) in [6, 6.07) is 3.91. The average molecular weight is 374 g/mol.